The molecule has 0 radical (unpaired) electrons. The van der Waals surface area contributed by atoms with Gasteiger partial charge < -0.3 is 20.3 Å². The van der Waals surface area contributed by atoms with Crippen LogP contribution in [0, 0.1) is 6.92 Å². The number of rotatable bonds is 3. The maximum Gasteiger partial charge on any atom is 0.319 e. The van der Waals surface area contributed by atoms with Crippen LogP contribution in [0.5, 0.6) is 5.75 Å². The largest absolute Gasteiger partial charge is 0.495 e. The Morgan fingerprint density at radius 1 is 1.35 bits per heavy atom. The van der Waals surface area contributed by atoms with Crippen molar-refractivity contribution in [3.05, 3.63) is 23.8 Å². The number of benzene rings is 1. The molecule has 1 unspecified atom stereocenters. The summed E-state index contributed by atoms with van der Waals surface area (Å²) < 4.78 is 5.25. The number of hydrogen-bond donors (Lipinski definition) is 2. The van der Waals surface area contributed by atoms with Gasteiger partial charge in [0.2, 0.25) is 5.91 Å². The Balaban J connectivity index is 1.99. The average Bonchev–Trinajstić information content (AvgIpc) is 2.79. The number of urea groups is 1. The highest BCUT2D eigenvalue weighted by molar-refractivity contribution is 5.92. The van der Waals surface area contributed by atoms with Gasteiger partial charge in [0, 0.05) is 18.5 Å². The van der Waals surface area contributed by atoms with Gasteiger partial charge in [0.15, 0.2) is 0 Å². The quantitative estimate of drug-likeness (QED) is 0.899. The molecule has 1 aliphatic heterocycles. The molecule has 1 atom stereocenters. The summed E-state index contributed by atoms with van der Waals surface area (Å²) in [6.45, 7) is 8.45. The Hall–Kier alpha value is -2.24. The zero-order valence-electron chi connectivity index (χ0n) is 14.4. The van der Waals surface area contributed by atoms with Crippen LogP contribution in [-0.4, -0.2) is 42.1 Å². The van der Waals surface area contributed by atoms with Crippen LogP contribution >= 0.6 is 0 Å². The smallest absolute Gasteiger partial charge is 0.319 e. The number of likely N-dealkylation sites (tertiary alicyclic amines) is 1. The van der Waals surface area contributed by atoms with Crippen LogP contribution < -0.4 is 15.4 Å². The summed E-state index contributed by atoms with van der Waals surface area (Å²) >= 11 is 0. The van der Waals surface area contributed by atoms with E-state index in [1.807, 2.05) is 45.9 Å². The Labute approximate surface area is 137 Å². The van der Waals surface area contributed by atoms with E-state index in [4.69, 9.17) is 4.74 Å². The summed E-state index contributed by atoms with van der Waals surface area (Å²) in [5.74, 6) is 0.667. The van der Waals surface area contributed by atoms with Gasteiger partial charge in [-0.1, -0.05) is 6.07 Å². The molecule has 2 rings (SSSR count). The molecule has 6 heteroatoms. The Kier molecular flexibility index (Phi) is 4.82. The average molecular weight is 319 g/mol. The Morgan fingerprint density at radius 3 is 2.61 bits per heavy atom. The summed E-state index contributed by atoms with van der Waals surface area (Å²) in [4.78, 5) is 26.1. The summed E-state index contributed by atoms with van der Waals surface area (Å²) in [6.07, 6.45) is 0.329. The van der Waals surface area contributed by atoms with Crippen LogP contribution in [0.3, 0.4) is 0 Å². The number of amides is 3. The minimum absolute atomic E-state index is 0.0657. The fourth-order valence-electron chi connectivity index (χ4n) is 2.72. The number of hydrogen-bond acceptors (Lipinski definition) is 3. The van der Waals surface area contributed by atoms with E-state index in [1.165, 1.54) is 0 Å². The molecule has 1 heterocycles. The molecule has 1 saturated heterocycles. The lowest BCUT2D eigenvalue weighted by molar-refractivity contribution is -0.131. The van der Waals surface area contributed by atoms with Gasteiger partial charge in [-0.2, -0.15) is 0 Å². The lowest BCUT2D eigenvalue weighted by atomic mass is 10.1. The molecule has 0 spiro atoms. The van der Waals surface area contributed by atoms with Crippen molar-refractivity contribution >= 4 is 17.6 Å². The molecule has 2 N–H and O–H groups in total. The third-order valence-electron chi connectivity index (χ3n) is 3.87. The van der Waals surface area contributed by atoms with Crippen molar-refractivity contribution in [3.63, 3.8) is 0 Å². The van der Waals surface area contributed by atoms with E-state index in [0.29, 0.717) is 24.4 Å². The highest BCUT2D eigenvalue weighted by atomic mass is 16.5. The third-order valence-corrected chi connectivity index (χ3v) is 3.87. The van der Waals surface area contributed by atoms with Gasteiger partial charge in [0.25, 0.3) is 0 Å². The minimum Gasteiger partial charge on any atom is -0.495 e. The third kappa shape index (κ3) is 4.15. The number of ether oxygens (including phenoxy) is 1. The summed E-state index contributed by atoms with van der Waals surface area (Å²) in [6, 6.07) is 5.06. The number of methoxy groups -OCH3 is 1. The van der Waals surface area contributed by atoms with Gasteiger partial charge in [-0.3, -0.25) is 4.79 Å². The molecule has 126 valence electrons. The van der Waals surface area contributed by atoms with Crippen molar-refractivity contribution in [2.45, 2.75) is 45.7 Å². The molecule has 0 aromatic heterocycles. The molecule has 0 saturated carbocycles. The predicted octanol–water partition coefficient (Wildman–Crippen LogP) is 2.52. The van der Waals surface area contributed by atoms with E-state index in [1.54, 1.807) is 12.0 Å². The maximum atomic E-state index is 12.2. The zero-order chi connectivity index (χ0) is 17.2. The molecule has 6 nitrogen and oxygen atoms in total. The zero-order valence-corrected chi connectivity index (χ0v) is 14.4. The minimum atomic E-state index is -0.331. The summed E-state index contributed by atoms with van der Waals surface area (Å²) in [5.41, 5.74) is 1.40. The van der Waals surface area contributed by atoms with Crippen molar-refractivity contribution in [1.29, 1.82) is 0 Å². The predicted molar refractivity (Wildman–Crippen MR) is 89.8 cm³/mol. The first-order valence-corrected chi connectivity index (χ1v) is 7.73. The highest BCUT2D eigenvalue weighted by Crippen LogP contribution is 2.25. The lowest BCUT2D eigenvalue weighted by Crippen LogP contribution is -2.45. The normalized spacial score (nSPS) is 18.0. The molecule has 0 aliphatic carbocycles. The van der Waals surface area contributed by atoms with Crippen molar-refractivity contribution in [2.75, 3.05) is 19.0 Å². The van der Waals surface area contributed by atoms with Gasteiger partial charge in [-0.15, -0.1) is 0 Å². The fourth-order valence-corrected chi connectivity index (χ4v) is 2.72. The molecule has 1 aliphatic rings. The summed E-state index contributed by atoms with van der Waals surface area (Å²) in [5, 5.41) is 5.66. The van der Waals surface area contributed by atoms with Gasteiger partial charge in [0.05, 0.1) is 18.8 Å². The first kappa shape index (κ1) is 17.1. The number of carbonyl (C=O) groups is 2. The van der Waals surface area contributed by atoms with Crippen molar-refractivity contribution < 1.29 is 14.3 Å². The second kappa shape index (κ2) is 6.48. The van der Waals surface area contributed by atoms with E-state index in [2.05, 4.69) is 10.6 Å². The van der Waals surface area contributed by atoms with Gasteiger partial charge in [-0.25, -0.2) is 4.79 Å². The number of anilines is 1. The van der Waals surface area contributed by atoms with E-state index in [-0.39, 0.29) is 23.5 Å². The Morgan fingerprint density at radius 2 is 2.04 bits per heavy atom. The van der Waals surface area contributed by atoms with Crippen LogP contribution in [0.25, 0.3) is 0 Å². The molecular weight excluding hydrogens is 294 g/mol. The molecule has 1 aromatic rings. The first-order chi connectivity index (χ1) is 10.7. The van der Waals surface area contributed by atoms with Gasteiger partial charge >= 0.3 is 6.03 Å². The van der Waals surface area contributed by atoms with Crippen molar-refractivity contribution in [1.82, 2.24) is 10.2 Å². The van der Waals surface area contributed by atoms with Gasteiger partial charge in [0.1, 0.15) is 5.75 Å². The number of nitrogens with one attached hydrogen (secondary N) is 2. The number of aryl methyl sites for hydroxylation is 1. The van der Waals surface area contributed by atoms with Crippen LogP contribution in [0.1, 0.15) is 32.8 Å². The van der Waals surface area contributed by atoms with Crippen LogP contribution in [0.15, 0.2) is 18.2 Å². The Bertz CT molecular complexity index is 608. The monoisotopic (exact) mass is 319 g/mol. The maximum absolute atomic E-state index is 12.2. The molecule has 1 aromatic carbocycles. The van der Waals surface area contributed by atoms with Crippen LogP contribution in [0.4, 0.5) is 10.5 Å². The molecule has 1 fully saturated rings. The fraction of sp³-hybridized carbons (Fsp3) is 0.529. The summed E-state index contributed by atoms with van der Waals surface area (Å²) in [7, 11) is 1.56. The first-order valence-electron chi connectivity index (χ1n) is 7.73. The second-order valence-electron chi connectivity index (χ2n) is 6.88. The molecule has 0 bridgehead atoms. The molecule has 3 amide bonds. The van der Waals surface area contributed by atoms with Crippen LogP contribution in [0.2, 0.25) is 0 Å². The number of carbonyl (C=O) groups excluding carboxylic acids is 2. The highest BCUT2D eigenvalue weighted by Gasteiger charge is 2.36. The standard InChI is InChI=1S/C17H25N3O3/c1-11-6-7-14(23-5)13(8-11)19-16(22)18-12-9-15(21)20(10-12)17(2,3)4/h6-8,12H,9-10H2,1-5H3,(H2,18,19,22). The number of nitrogens with zero attached hydrogens (tertiary/aromatic N) is 1. The SMILES string of the molecule is COc1ccc(C)cc1NC(=O)NC1CC(=O)N(C(C)(C)C)C1. The van der Waals surface area contributed by atoms with Crippen molar-refractivity contribution in [3.8, 4) is 5.75 Å². The van der Waals surface area contributed by atoms with E-state index in [9.17, 15) is 9.59 Å². The van der Waals surface area contributed by atoms with Crippen LogP contribution in [-0.2, 0) is 4.79 Å². The van der Waals surface area contributed by atoms with E-state index < -0.39 is 0 Å². The second-order valence-corrected chi connectivity index (χ2v) is 6.88. The molecular formula is C17H25N3O3. The van der Waals surface area contributed by atoms with E-state index in [0.717, 1.165) is 5.56 Å². The lowest BCUT2D eigenvalue weighted by Gasteiger charge is -2.32. The van der Waals surface area contributed by atoms with E-state index >= 15 is 0 Å². The molecule has 23 heavy (non-hydrogen) atoms. The van der Waals surface area contributed by atoms with Crippen molar-refractivity contribution in [2.24, 2.45) is 0 Å². The van der Waals surface area contributed by atoms with Gasteiger partial charge in [-0.05, 0) is 45.4 Å². The topological polar surface area (TPSA) is 70.7 Å².